The molecule has 0 saturated carbocycles. The topological polar surface area (TPSA) is 257 Å². The first-order valence-corrected chi connectivity index (χ1v) is 16.4. The van der Waals surface area contributed by atoms with Crippen molar-refractivity contribution >= 4 is 73.3 Å². The van der Waals surface area contributed by atoms with Gasteiger partial charge in [-0.25, -0.2) is 24.2 Å². The Balaban J connectivity index is 0.000000204. The van der Waals surface area contributed by atoms with E-state index >= 15 is 0 Å². The highest BCUT2D eigenvalue weighted by atomic mass is 16.4. The van der Waals surface area contributed by atoms with E-state index in [2.05, 4.69) is 10.3 Å². The molecule has 53 heavy (non-hydrogen) atoms. The minimum Gasteiger partial charge on any atom is -0.477 e. The van der Waals surface area contributed by atoms with Gasteiger partial charge in [0.05, 0.1) is 21.8 Å². The molecule has 5 N–H and O–H groups in total. The number of rotatable bonds is 10. The van der Waals surface area contributed by atoms with Gasteiger partial charge in [-0.2, -0.15) is 0 Å². The molecule has 0 radical (unpaired) electrons. The van der Waals surface area contributed by atoms with E-state index in [1.165, 1.54) is 16.7 Å². The second-order valence-electron chi connectivity index (χ2n) is 11.9. The van der Waals surface area contributed by atoms with Crippen LogP contribution in [-0.4, -0.2) is 60.9 Å². The minimum absolute atomic E-state index is 0.0680. The van der Waals surface area contributed by atoms with E-state index in [-0.39, 0.29) is 45.3 Å². The summed E-state index contributed by atoms with van der Waals surface area (Å²) in [6.07, 6.45) is 2.11. The molecule has 274 valence electrons. The fourth-order valence-electron chi connectivity index (χ4n) is 6.29. The Morgan fingerprint density at radius 1 is 0.660 bits per heavy atom. The number of carbonyl (C=O) groups is 4. The van der Waals surface area contributed by atoms with Crippen molar-refractivity contribution in [2.24, 2.45) is 0 Å². The van der Waals surface area contributed by atoms with Crippen LogP contribution in [0.1, 0.15) is 86.8 Å². The number of pyridine rings is 2. The molecule has 0 aliphatic rings. The number of hydrogen-bond donors (Lipinski definition) is 5. The fourth-order valence-corrected chi connectivity index (χ4v) is 6.29. The van der Waals surface area contributed by atoms with Crippen molar-refractivity contribution < 1.29 is 48.4 Å². The van der Waals surface area contributed by atoms with Gasteiger partial charge in [0.1, 0.15) is 16.9 Å². The Labute approximate surface area is 297 Å². The van der Waals surface area contributed by atoms with Gasteiger partial charge in [0.25, 0.3) is 0 Å². The Morgan fingerprint density at radius 2 is 1.17 bits per heavy atom. The molecule has 6 rings (SSSR count). The smallest absolute Gasteiger partial charge is 0.371 e. The van der Waals surface area contributed by atoms with Crippen LogP contribution in [0.2, 0.25) is 0 Å². The molecule has 16 heteroatoms. The Morgan fingerprint density at radius 3 is 1.64 bits per heavy atom. The van der Waals surface area contributed by atoms with Crippen LogP contribution in [0.15, 0.2) is 59.6 Å². The third-order valence-electron chi connectivity index (χ3n) is 8.52. The maximum absolute atomic E-state index is 12.6. The number of carboxylic acid groups (broad SMARTS) is 4. The Kier molecular flexibility index (Phi) is 10.4. The lowest BCUT2D eigenvalue weighted by Gasteiger charge is -2.17. The predicted octanol–water partition coefficient (Wildman–Crippen LogP) is 5.21. The molecule has 16 nitrogen and oxygen atoms in total. The maximum atomic E-state index is 12.6. The third kappa shape index (κ3) is 6.81. The van der Waals surface area contributed by atoms with Crippen LogP contribution >= 0.6 is 0 Å². The van der Waals surface area contributed by atoms with Crippen LogP contribution in [0.4, 0.5) is 5.69 Å². The summed E-state index contributed by atoms with van der Waals surface area (Å²) in [4.78, 5) is 87.1. The van der Waals surface area contributed by atoms with Crippen molar-refractivity contribution in [1.29, 1.82) is 0 Å². The summed E-state index contributed by atoms with van der Waals surface area (Å²) < 4.78 is 12.4. The molecule has 4 aromatic heterocycles. The monoisotopic (exact) mass is 727 g/mol. The Hall–Kier alpha value is -6.84. The molecule has 2 aromatic carbocycles. The first-order valence-electron chi connectivity index (χ1n) is 16.4. The van der Waals surface area contributed by atoms with Crippen molar-refractivity contribution in [1.82, 2.24) is 9.55 Å². The van der Waals surface area contributed by atoms with Crippen LogP contribution < -0.4 is 21.6 Å². The fraction of sp³-hybridized carbons (Fsp3) is 0.243. The first kappa shape index (κ1) is 37.4. The molecule has 6 aromatic rings. The van der Waals surface area contributed by atoms with E-state index in [0.29, 0.717) is 58.9 Å². The summed E-state index contributed by atoms with van der Waals surface area (Å²) in [5.41, 5.74) is 0.480. The SMILES string of the molecule is CCCc1c2nc(C(=O)O)cc(NC)c2cc2c(=O)cc(C(=O)O)oc12.CCCc1c2oc(C(=O)O)cc(=O)c2cc2c(=O)cc(C(=O)O)n(CC)c12. The quantitative estimate of drug-likeness (QED) is 0.114. The van der Waals surface area contributed by atoms with E-state index in [1.54, 1.807) is 20.0 Å². The van der Waals surface area contributed by atoms with E-state index in [0.717, 1.165) is 18.2 Å². The second kappa shape index (κ2) is 14.8. The van der Waals surface area contributed by atoms with Crippen LogP contribution in [0.5, 0.6) is 0 Å². The van der Waals surface area contributed by atoms with E-state index in [1.807, 2.05) is 13.8 Å². The molecule has 4 heterocycles. The lowest BCUT2D eigenvalue weighted by molar-refractivity contribution is 0.0653. The van der Waals surface area contributed by atoms with Crippen LogP contribution in [0.3, 0.4) is 0 Å². The summed E-state index contributed by atoms with van der Waals surface area (Å²) >= 11 is 0. The van der Waals surface area contributed by atoms with Crippen molar-refractivity contribution in [3.8, 4) is 0 Å². The number of hydrogen-bond acceptors (Lipinski definition) is 11. The van der Waals surface area contributed by atoms with E-state index in [4.69, 9.17) is 13.9 Å². The predicted molar refractivity (Wildman–Crippen MR) is 193 cm³/mol. The molecule has 0 fully saturated rings. The number of aromatic nitrogens is 2. The van der Waals surface area contributed by atoms with E-state index < -0.39 is 51.7 Å². The zero-order valence-corrected chi connectivity index (χ0v) is 28.9. The van der Waals surface area contributed by atoms with Gasteiger partial charge in [0, 0.05) is 59.4 Å². The van der Waals surface area contributed by atoms with Crippen molar-refractivity contribution in [3.05, 3.63) is 101 Å². The minimum atomic E-state index is -1.39. The second-order valence-corrected chi connectivity index (χ2v) is 11.9. The summed E-state index contributed by atoms with van der Waals surface area (Å²) in [6.45, 7) is 5.78. The number of benzene rings is 2. The molecule has 0 aliphatic heterocycles. The normalized spacial score (nSPS) is 11.1. The van der Waals surface area contributed by atoms with Crippen molar-refractivity contribution in [3.63, 3.8) is 0 Å². The molecule has 0 saturated heterocycles. The number of fused-ring (bicyclic) bond motifs is 4. The van der Waals surface area contributed by atoms with Gasteiger partial charge in [-0.15, -0.1) is 0 Å². The standard InChI is InChI=1S/C19H17NO7.C18H16N2O6/c1-3-5-9-16-10(13(21)7-12(18(23)24)20(16)4-2)6-11-14(22)8-15(19(25)26)27-17(9)11;1-3-4-8-15-9(11(19-2)6-12(20-15)17(22)23)5-10-13(21)7-14(18(24)25)26-16(8)10/h6-8H,3-5H2,1-2H3,(H,23,24)(H,25,26);5-7H,3-4H2,1-2H3,(H,19,20)(H,22,23)(H,24,25). The molecule has 0 unspecified atom stereocenters. The molecular weight excluding hydrogens is 694 g/mol. The van der Waals surface area contributed by atoms with Crippen LogP contribution in [0.25, 0.3) is 43.7 Å². The zero-order valence-electron chi connectivity index (χ0n) is 28.9. The highest BCUT2D eigenvalue weighted by molar-refractivity contribution is 6.06. The van der Waals surface area contributed by atoms with Crippen molar-refractivity contribution in [2.75, 3.05) is 12.4 Å². The number of aromatic carboxylic acids is 4. The lowest BCUT2D eigenvalue weighted by Crippen LogP contribution is -2.19. The van der Waals surface area contributed by atoms with Gasteiger partial charge in [-0.1, -0.05) is 26.7 Å². The molecule has 0 atom stereocenters. The largest absolute Gasteiger partial charge is 0.477 e. The Bertz CT molecular complexity index is 2710. The number of aryl methyl sites for hydroxylation is 3. The van der Waals surface area contributed by atoms with Gasteiger partial charge in [0.2, 0.25) is 11.5 Å². The lowest BCUT2D eigenvalue weighted by atomic mass is 9.99. The molecular formula is C37H33N3O13. The van der Waals surface area contributed by atoms with Gasteiger partial charge in [-0.05, 0) is 38.0 Å². The summed E-state index contributed by atoms with van der Waals surface area (Å²) in [7, 11) is 1.64. The summed E-state index contributed by atoms with van der Waals surface area (Å²) in [5.74, 6) is -6.16. The van der Waals surface area contributed by atoms with Crippen LogP contribution in [-0.2, 0) is 19.4 Å². The van der Waals surface area contributed by atoms with Gasteiger partial charge >= 0.3 is 23.9 Å². The maximum Gasteiger partial charge on any atom is 0.371 e. The highest BCUT2D eigenvalue weighted by Gasteiger charge is 2.23. The molecule has 0 spiro atoms. The number of nitrogens with one attached hydrogen (secondary N) is 1. The highest BCUT2D eigenvalue weighted by Crippen LogP contribution is 2.33. The number of nitrogens with zero attached hydrogens (tertiary/aromatic N) is 2. The third-order valence-corrected chi connectivity index (χ3v) is 8.52. The summed E-state index contributed by atoms with van der Waals surface area (Å²) in [6, 6.07) is 7.12. The van der Waals surface area contributed by atoms with Gasteiger partial charge in [0.15, 0.2) is 22.0 Å². The van der Waals surface area contributed by atoms with Crippen molar-refractivity contribution in [2.45, 2.75) is 53.0 Å². The van der Waals surface area contributed by atoms with Gasteiger partial charge in [-0.3, -0.25) is 14.4 Å². The van der Waals surface area contributed by atoms with E-state index in [9.17, 15) is 48.9 Å². The molecule has 0 aliphatic carbocycles. The zero-order chi connectivity index (χ0) is 38.9. The molecule has 0 bridgehead atoms. The number of carboxylic acids is 4. The van der Waals surface area contributed by atoms with Crippen LogP contribution in [0, 0.1) is 0 Å². The molecule has 0 amide bonds. The first-order chi connectivity index (χ1) is 25.2. The average Bonchev–Trinajstić information content (AvgIpc) is 3.11. The average molecular weight is 728 g/mol. The summed E-state index contributed by atoms with van der Waals surface area (Å²) in [5, 5.41) is 41.2. The van der Waals surface area contributed by atoms with Gasteiger partial charge < -0.3 is 39.1 Å². The number of anilines is 1.